The van der Waals surface area contributed by atoms with Gasteiger partial charge in [0.15, 0.2) is 6.61 Å². The molecule has 21 heavy (non-hydrogen) atoms. The maximum absolute atomic E-state index is 13.7. The van der Waals surface area contributed by atoms with Crippen molar-refractivity contribution in [3.8, 4) is 11.8 Å². The average Bonchev–Trinajstić information content (AvgIpc) is 2.48. The molecule has 108 valence electrons. The number of hydrogen-bond donors (Lipinski definition) is 1. The molecule has 3 nitrogen and oxygen atoms in total. The van der Waals surface area contributed by atoms with Gasteiger partial charge in [-0.1, -0.05) is 12.1 Å². The molecule has 0 unspecified atom stereocenters. The van der Waals surface area contributed by atoms with Crippen molar-refractivity contribution >= 4 is 5.69 Å². The summed E-state index contributed by atoms with van der Waals surface area (Å²) >= 11 is 0. The van der Waals surface area contributed by atoms with Crippen molar-refractivity contribution in [3.05, 3.63) is 59.2 Å². The summed E-state index contributed by atoms with van der Waals surface area (Å²) in [6.45, 7) is 1.87. The number of anilines is 1. The molecule has 0 saturated heterocycles. The predicted octanol–water partition coefficient (Wildman–Crippen LogP) is 3.79. The molecule has 0 spiro atoms. The second kappa shape index (κ2) is 6.71. The second-order valence-corrected chi connectivity index (χ2v) is 4.53. The number of nitriles is 1. The lowest BCUT2D eigenvalue weighted by Crippen LogP contribution is -2.03. The standard InChI is InChI=1S/C16H14F2N2O/c1-11-8-15(18)16(9-14(11)17)20-10-12-2-4-13(5-3-12)21-7-6-19/h2-5,8-9,20H,7,10H2,1H3. The topological polar surface area (TPSA) is 45.0 Å². The fourth-order valence-corrected chi connectivity index (χ4v) is 1.80. The molecule has 0 atom stereocenters. The van der Waals surface area contributed by atoms with E-state index >= 15 is 0 Å². The van der Waals surface area contributed by atoms with E-state index in [0.29, 0.717) is 12.3 Å². The molecule has 0 aliphatic carbocycles. The van der Waals surface area contributed by atoms with Gasteiger partial charge in [0.05, 0.1) is 5.69 Å². The summed E-state index contributed by atoms with van der Waals surface area (Å²) < 4.78 is 32.2. The summed E-state index contributed by atoms with van der Waals surface area (Å²) in [6, 6.07) is 11.2. The van der Waals surface area contributed by atoms with Crippen LogP contribution in [0.5, 0.6) is 5.75 Å². The molecule has 2 rings (SSSR count). The van der Waals surface area contributed by atoms with Crippen LogP contribution in [0.4, 0.5) is 14.5 Å². The van der Waals surface area contributed by atoms with Crippen LogP contribution >= 0.6 is 0 Å². The maximum Gasteiger partial charge on any atom is 0.174 e. The van der Waals surface area contributed by atoms with Crippen molar-refractivity contribution in [3.63, 3.8) is 0 Å². The molecule has 0 fully saturated rings. The highest BCUT2D eigenvalue weighted by Crippen LogP contribution is 2.20. The summed E-state index contributed by atoms with van der Waals surface area (Å²) in [5.41, 5.74) is 1.29. The van der Waals surface area contributed by atoms with Gasteiger partial charge in [0.2, 0.25) is 0 Å². The number of hydrogen-bond acceptors (Lipinski definition) is 3. The first-order valence-electron chi connectivity index (χ1n) is 6.38. The first-order valence-corrected chi connectivity index (χ1v) is 6.38. The van der Waals surface area contributed by atoms with Gasteiger partial charge in [-0.25, -0.2) is 8.78 Å². The maximum atomic E-state index is 13.7. The van der Waals surface area contributed by atoms with Crippen LogP contribution in [0.2, 0.25) is 0 Å². The van der Waals surface area contributed by atoms with Crippen LogP contribution in [-0.4, -0.2) is 6.61 Å². The third-order valence-electron chi connectivity index (χ3n) is 2.96. The largest absolute Gasteiger partial charge is 0.479 e. The Kier molecular flexibility index (Phi) is 4.72. The van der Waals surface area contributed by atoms with Gasteiger partial charge in [0, 0.05) is 12.6 Å². The van der Waals surface area contributed by atoms with Crippen molar-refractivity contribution in [2.45, 2.75) is 13.5 Å². The summed E-state index contributed by atoms with van der Waals surface area (Å²) in [5, 5.41) is 11.3. The van der Waals surface area contributed by atoms with Crippen LogP contribution in [0.1, 0.15) is 11.1 Å². The molecule has 5 heteroatoms. The molecule has 0 aliphatic rings. The smallest absolute Gasteiger partial charge is 0.174 e. The lowest BCUT2D eigenvalue weighted by Gasteiger charge is -2.09. The summed E-state index contributed by atoms with van der Waals surface area (Å²) in [7, 11) is 0. The lowest BCUT2D eigenvalue weighted by molar-refractivity contribution is 0.368. The summed E-state index contributed by atoms with van der Waals surface area (Å²) in [4.78, 5) is 0. The fourth-order valence-electron chi connectivity index (χ4n) is 1.80. The Balaban J connectivity index is 2.00. The second-order valence-electron chi connectivity index (χ2n) is 4.53. The van der Waals surface area contributed by atoms with E-state index < -0.39 is 11.6 Å². The Labute approximate surface area is 121 Å². The van der Waals surface area contributed by atoms with E-state index in [9.17, 15) is 8.78 Å². The molecular weight excluding hydrogens is 274 g/mol. The Morgan fingerprint density at radius 1 is 1.14 bits per heavy atom. The Bertz CT molecular complexity index is 663. The van der Waals surface area contributed by atoms with Gasteiger partial charge in [-0.2, -0.15) is 5.26 Å². The normalized spacial score (nSPS) is 10.0. The predicted molar refractivity (Wildman–Crippen MR) is 76.0 cm³/mol. The van der Waals surface area contributed by atoms with Crippen LogP contribution < -0.4 is 10.1 Å². The van der Waals surface area contributed by atoms with Gasteiger partial charge in [-0.3, -0.25) is 0 Å². The molecule has 0 aliphatic heterocycles. The third-order valence-corrected chi connectivity index (χ3v) is 2.96. The van der Waals surface area contributed by atoms with Gasteiger partial charge in [-0.05, 0) is 36.2 Å². The minimum Gasteiger partial charge on any atom is -0.479 e. The Morgan fingerprint density at radius 2 is 1.86 bits per heavy atom. The monoisotopic (exact) mass is 288 g/mol. The van der Waals surface area contributed by atoms with Crippen molar-refractivity contribution < 1.29 is 13.5 Å². The quantitative estimate of drug-likeness (QED) is 0.910. The van der Waals surface area contributed by atoms with Crippen LogP contribution in [0.25, 0.3) is 0 Å². The molecular formula is C16H14F2N2O. The zero-order chi connectivity index (χ0) is 15.2. The first-order chi connectivity index (χ1) is 10.1. The van der Waals surface area contributed by atoms with Crippen LogP contribution in [0.15, 0.2) is 36.4 Å². The molecule has 2 aromatic carbocycles. The third kappa shape index (κ3) is 3.93. The van der Waals surface area contributed by atoms with E-state index in [1.807, 2.05) is 6.07 Å². The first kappa shape index (κ1) is 14.8. The Hall–Kier alpha value is -2.61. The number of halogens is 2. The van der Waals surface area contributed by atoms with Crippen molar-refractivity contribution in [1.29, 1.82) is 5.26 Å². The zero-order valence-electron chi connectivity index (χ0n) is 11.5. The number of nitrogens with zero attached hydrogens (tertiary/aromatic N) is 1. The number of aryl methyl sites for hydroxylation is 1. The molecule has 0 aromatic heterocycles. The van der Waals surface area contributed by atoms with Gasteiger partial charge < -0.3 is 10.1 Å². The molecule has 1 N–H and O–H groups in total. The fraction of sp³-hybridized carbons (Fsp3) is 0.188. The Morgan fingerprint density at radius 3 is 2.52 bits per heavy atom. The van der Waals surface area contributed by atoms with E-state index in [1.54, 1.807) is 24.3 Å². The molecule has 2 aromatic rings. The van der Waals surface area contributed by atoms with E-state index in [2.05, 4.69) is 5.32 Å². The number of benzene rings is 2. The number of nitrogens with one attached hydrogen (secondary N) is 1. The van der Waals surface area contributed by atoms with Crippen LogP contribution in [0.3, 0.4) is 0 Å². The van der Waals surface area contributed by atoms with E-state index in [4.69, 9.17) is 10.00 Å². The van der Waals surface area contributed by atoms with Gasteiger partial charge >= 0.3 is 0 Å². The molecule has 0 radical (unpaired) electrons. The van der Waals surface area contributed by atoms with Crippen molar-refractivity contribution in [2.24, 2.45) is 0 Å². The van der Waals surface area contributed by atoms with Crippen LogP contribution in [0, 0.1) is 29.9 Å². The van der Waals surface area contributed by atoms with E-state index in [0.717, 1.165) is 17.7 Å². The van der Waals surface area contributed by atoms with E-state index in [1.165, 1.54) is 6.92 Å². The summed E-state index contributed by atoms with van der Waals surface area (Å²) in [5.74, 6) is -0.338. The van der Waals surface area contributed by atoms with Crippen molar-refractivity contribution in [2.75, 3.05) is 11.9 Å². The minimum atomic E-state index is -0.483. The minimum absolute atomic E-state index is 0.00848. The molecule has 0 saturated carbocycles. The van der Waals surface area contributed by atoms with Crippen LogP contribution in [-0.2, 0) is 6.54 Å². The highest BCUT2D eigenvalue weighted by Gasteiger charge is 2.07. The molecule has 0 bridgehead atoms. The molecule has 0 amide bonds. The number of ether oxygens (including phenoxy) is 1. The zero-order valence-corrected chi connectivity index (χ0v) is 11.5. The van der Waals surface area contributed by atoms with Gasteiger partial charge in [-0.15, -0.1) is 0 Å². The highest BCUT2D eigenvalue weighted by atomic mass is 19.1. The van der Waals surface area contributed by atoms with Gasteiger partial charge in [0.25, 0.3) is 0 Å². The SMILES string of the molecule is Cc1cc(F)c(NCc2ccc(OCC#N)cc2)cc1F. The number of rotatable bonds is 5. The average molecular weight is 288 g/mol. The van der Waals surface area contributed by atoms with Gasteiger partial charge in [0.1, 0.15) is 23.5 Å². The lowest BCUT2D eigenvalue weighted by atomic mass is 10.2. The van der Waals surface area contributed by atoms with E-state index in [-0.39, 0.29) is 17.9 Å². The highest BCUT2D eigenvalue weighted by molar-refractivity contribution is 5.47. The summed E-state index contributed by atoms with van der Waals surface area (Å²) in [6.07, 6.45) is 0. The molecule has 0 heterocycles. The van der Waals surface area contributed by atoms with Crippen molar-refractivity contribution in [1.82, 2.24) is 0 Å².